The zero-order chi connectivity index (χ0) is 24.1. The molecule has 0 unspecified atom stereocenters. The third-order valence-electron chi connectivity index (χ3n) is 5.80. The van der Waals surface area contributed by atoms with Crippen molar-refractivity contribution in [3.63, 3.8) is 0 Å². The first-order valence-corrected chi connectivity index (χ1v) is 13.8. The molecule has 34 heavy (non-hydrogen) atoms. The number of carbonyl (C=O) groups is 2. The average Bonchev–Trinajstić information content (AvgIpc) is 3.50. The van der Waals surface area contributed by atoms with Gasteiger partial charge >= 0.3 is 6.03 Å². The highest BCUT2D eigenvalue weighted by atomic mass is 32.2. The number of anilines is 3. The minimum Gasteiger partial charge on any atom is -0.378 e. The van der Waals surface area contributed by atoms with Gasteiger partial charge in [-0.25, -0.2) is 22.9 Å². The Morgan fingerprint density at radius 2 is 1.91 bits per heavy atom. The van der Waals surface area contributed by atoms with E-state index in [1.165, 1.54) is 0 Å². The monoisotopic (exact) mass is 508 g/mol. The zero-order valence-electron chi connectivity index (χ0n) is 18.9. The molecule has 11 nitrogen and oxygen atoms in total. The van der Waals surface area contributed by atoms with Crippen LogP contribution in [0.25, 0.3) is 0 Å². The lowest BCUT2D eigenvalue weighted by molar-refractivity contribution is 0.0923. The highest BCUT2D eigenvalue weighted by Gasteiger charge is 2.27. The molecule has 1 aliphatic heterocycles. The molecule has 3 N–H and O–H groups in total. The van der Waals surface area contributed by atoms with Gasteiger partial charge in [0.15, 0.2) is 11.6 Å². The molecule has 2 heterocycles. The van der Waals surface area contributed by atoms with E-state index in [9.17, 15) is 18.0 Å². The summed E-state index contributed by atoms with van der Waals surface area (Å²) in [6.45, 7) is 2.70. The largest absolute Gasteiger partial charge is 0.378 e. The van der Waals surface area contributed by atoms with E-state index < -0.39 is 16.1 Å². The number of morpholine rings is 1. The van der Waals surface area contributed by atoms with Gasteiger partial charge < -0.3 is 15.0 Å². The summed E-state index contributed by atoms with van der Waals surface area (Å²) in [6, 6.07) is 4.96. The number of ether oxygens (including phenoxy) is 1. The molecule has 2 aliphatic rings. The Kier molecular flexibility index (Phi) is 7.76. The van der Waals surface area contributed by atoms with Gasteiger partial charge in [0, 0.05) is 41.8 Å². The van der Waals surface area contributed by atoms with E-state index in [0.29, 0.717) is 24.5 Å². The van der Waals surface area contributed by atoms with Gasteiger partial charge in [0.2, 0.25) is 15.2 Å². The Hall–Kier alpha value is -2.61. The maximum absolute atomic E-state index is 13.3. The molecule has 1 aromatic carbocycles. The Morgan fingerprint density at radius 1 is 1.18 bits per heavy atom. The third-order valence-corrected chi connectivity index (χ3v) is 7.14. The second kappa shape index (κ2) is 10.8. The zero-order valence-corrected chi connectivity index (χ0v) is 20.5. The Morgan fingerprint density at radius 3 is 2.62 bits per heavy atom. The van der Waals surface area contributed by atoms with Gasteiger partial charge in [0.05, 0.1) is 31.7 Å². The van der Waals surface area contributed by atoms with E-state index >= 15 is 0 Å². The van der Waals surface area contributed by atoms with Crippen LogP contribution in [0.4, 0.5) is 21.3 Å². The molecule has 1 aromatic heterocycles. The maximum atomic E-state index is 13.3. The van der Waals surface area contributed by atoms with Crippen molar-refractivity contribution in [2.24, 2.45) is 5.92 Å². The van der Waals surface area contributed by atoms with Gasteiger partial charge in [-0.15, -0.1) is 0 Å². The number of nitrogens with one attached hydrogen (secondary N) is 3. The molecule has 0 radical (unpaired) electrons. The van der Waals surface area contributed by atoms with Crippen molar-refractivity contribution in [1.29, 1.82) is 0 Å². The number of ketones is 1. The number of hydrogen-bond acceptors (Lipinski definition) is 9. The van der Waals surface area contributed by atoms with Crippen LogP contribution in [-0.2, 0) is 21.3 Å². The highest BCUT2D eigenvalue weighted by molar-refractivity contribution is 7.88. The van der Waals surface area contributed by atoms with E-state index in [1.54, 1.807) is 6.07 Å². The summed E-state index contributed by atoms with van der Waals surface area (Å²) in [5.41, 5.74) is 1.87. The lowest BCUT2D eigenvalue weighted by atomic mass is 9.94. The van der Waals surface area contributed by atoms with Gasteiger partial charge in [0.1, 0.15) is 0 Å². The summed E-state index contributed by atoms with van der Waals surface area (Å²) in [7, 11) is -3.38. The lowest BCUT2D eigenvalue weighted by Gasteiger charge is -2.29. The van der Waals surface area contributed by atoms with E-state index in [0.717, 1.165) is 62.2 Å². The van der Waals surface area contributed by atoms with Gasteiger partial charge in [0.25, 0.3) is 0 Å². The Bertz CT molecular complexity index is 1140. The van der Waals surface area contributed by atoms with Crippen molar-refractivity contribution in [3.8, 4) is 0 Å². The number of amides is 2. The number of benzene rings is 1. The molecule has 1 saturated carbocycles. The minimum absolute atomic E-state index is 0.0309. The van der Waals surface area contributed by atoms with Crippen LogP contribution in [0, 0.1) is 5.92 Å². The number of urea groups is 1. The van der Waals surface area contributed by atoms with E-state index in [2.05, 4.69) is 29.6 Å². The smallest absolute Gasteiger partial charge is 0.325 e. The number of rotatable bonds is 8. The predicted molar refractivity (Wildman–Crippen MR) is 130 cm³/mol. The van der Waals surface area contributed by atoms with Crippen LogP contribution in [0.1, 0.15) is 41.9 Å². The van der Waals surface area contributed by atoms with E-state index in [1.807, 2.05) is 12.1 Å². The molecule has 2 fully saturated rings. The van der Waals surface area contributed by atoms with Crippen LogP contribution >= 0.6 is 11.5 Å². The van der Waals surface area contributed by atoms with Crippen molar-refractivity contribution >= 4 is 49.9 Å². The van der Waals surface area contributed by atoms with Crippen molar-refractivity contribution < 1.29 is 22.7 Å². The van der Waals surface area contributed by atoms with Crippen LogP contribution in [0.15, 0.2) is 18.2 Å². The van der Waals surface area contributed by atoms with Crippen LogP contribution in [0.3, 0.4) is 0 Å². The molecule has 0 spiro atoms. The van der Waals surface area contributed by atoms with Crippen LogP contribution in [-0.4, -0.2) is 62.1 Å². The van der Waals surface area contributed by atoms with Crippen molar-refractivity contribution in [2.75, 3.05) is 48.1 Å². The van der Waals surface area contributed by atoms with Gasteiger partial charge in [-0.1, -0.05) is 12.8 Å². The first-order valence-electron chi connectivity index (χ1n) is 11.1. The number of carbonyl (C=O) groups excluding carboxylic acids is 2. The number of sulfonamides is 1. The van der Waals surface area contributed by atoms with E-state index in [-0.39, 0.29) is 29.2 Å². The summed E-state index contributed by atoms with van der Waals surface area (Å²) < 4.78 is 34.2. The molecule has 1 saturated heterocycles. The summed E-state index contributed by atoms with van der Waals surface area (Å²) >= 11 is 0.938. The molecule has 0 bridgehead atoms. The van der Waals surface area contributed by atoms with Crippen LogP contribution in [0.2, 0.25) is 0 Å². The number of hydrogen-bond donors (Lipinski definition) is 3. The molecular weight excluding hydrogens is 480 g/mol. The molecule has 4 rings (SSSR count). The minimum atomic E-state index is -3.38. The first-order chi connectivity index (χ1) is 16.3. The average molecular weight is 509 g/mol. The number of aromatic nitrogens is 2. The lowest BCUT2D eigenvalue weighted by Crippen LogP contribution is -2.36. The molecule has 184 valence electrons. The Labute approximate surface area is 202 Å². The Balaban J connectivity index is 1.48. The van der Waals surface area contributed by atoms with Crippen molar-refractivity contribution in [1.82, 2.24) is 14.1 Å². The fourth-order valence-corrected chi connectivity index (χ4v) is 5.07. The quantitative estimate of drug-likeness (QED) is 0.462. The number of nitrogens with zero attached hydrogens (tertiary/aromatic N) is 3. The summed E-state index contributed by atoms with van der Waals surface area (Å²) in [5, 5.41) is 5.59. The molecule has 2 aromatic rings. The molecule has 13 heteroatoms. The van der Waals surface area contributed by atoms with Crippen LogP contribution in [0.5, 0.6) is 0 Å². The fraction of sp³-hybridized carbons (Fsp3) is 0.524. The maximum Gasteiger partial charge on any atom is 0.325 e. The summed E-state index contributed by atoms with van der Waals surface area (Å²) in [4.78, 5) is 32.3. The van der Waals surface area contributed by atoms with Crippen molar-refractivity contribution in [3.05, 3.63) is 29.6 Å². The number of Topliss-reactive ketones (excluding diaryl/α,β-unsaturated/α-hetero) is 1. The van der Waals surface area contributed by atoms with Gasteiger partial charge in [-0.3, -0.25) is 10.1 Å². The molecule has 1 aliphatic carbocycles. The molecule has 0 atom stereocenters. The topological polar surface area (TPSA) is 143 Å². The fourth-order valence-electron chi connectivity index (χ4n) is 4.09. The predicted octanol–water partition coefficient (Wildman–Crippen LogP) is 2.44. The third kappa shape index (κ3) is 6.50. The summed E-state index contributed by atoms with van der Waals surface area (Å²) in [5.74, 6) is 0.266. The second-order valence-corrected chi connectivity index (χ2v) is 10.9. The first kappa shape index (κ1) is 24.5. The highest BCUT2D eigenvalue weighted by Crippen LogP contribution is 2.33. The van der Waals surface area contributed by atoms with E-state index in [4.69, 9.17) is 4.74 Å². The summed E-state index contributed by atoms with van der Waals surface area (Å²) in [6.07, 6.45) is 4.84. The van der Waals surface area contributed by atoms with Crippen molar-refractivity contribution in [2.45, 2.75) is 32.2 Å². The second-order valence-electron chi connectivity index (χ2n) is 8.36. The van der Waals surface area contributed by atoms with Gasteiger partial charge in [-0.05, 0) is 31.0 Å². The molecule has 2 amide bonds. The molecular formula is C21H28N6O5S2. The van der Waals surface area contributed by atoms with Gasteiger partial charge in [-0.2, -0.15) is 4.37 Å². The normalized spacial score (nSPS) is 17.0. The SMILES string of the molecule is CS(=O)(=O)NCc1nsc(NC(=O)Nc2ccc(N3CCOCC3)cc2C(=O)C2CCCC2)n1. The standard InChI is InChI=1S/C21H28N6O5S2/c1-34(30,31)22-13-18-24-21(33-26-18)25-20(29)23-17-7-6-15(27-8-10-32-11-9-27)12-16(17)19(28)14-4-2-3-5-14/h6-7,12,14,22H,2-5,8-11,13H2,1H3,(H2,23,24,25,26,29). The van der Waals surface area contributed by atoms with Crippen LogP contribution < -0.4 is 20.3 Å².